The van der Waals surface area contributed by atoms with Crippen LogP contribution in [0.3, 0.4) is 0 Å². The fourth-order valence-electron chi connectivity index (χ4n) is 4.59. The number of nitrogens with zero attached hydrogens (tertiary/aromatic N) is 5. The van der Waals surface area contributed by atoms with Gasteiger partial charge in [-0.2, -0.15) is 4.98 Å². The first kappa shape index (κ1) is 17.6. The highest BCUT2D eigenvalue weighted by atomic mass is 16.2. The fraction of sp³-hybridized carbons (Fsp3) is 0.750. The Hall–Kier alpha value is -1.85. The van der Waals surface area contributed by atoms with Crippen LogP contribution in [-0.2, 0) is 4.79 Å². The predicted molar refractivity (Wildman–Crippen MR) is 104 cm³/mol. The van der Waals surface area contributed by atoms with E-state index in [1.54, 1.807) is 0 Å². The summed E-state index contributed by atoms with van der Waals surface area (Å²) >= 11 is 0. The molecule has 1 saturated carbocycles. The lowest BCUT2D eigenvalue weighted by atomic mass is 9.73. The SMILES string of the molecule is Cc1nc(N(C)C)nc(N2CCCC3(CCC(=O)N(C4CC4)C3)C2)c1C. The third-order valence-corrected chi connectivity index (χ3v) is 6.40. The van der Waals surface area contributed by atoms with Crippen molar-refractivity contribution in [2.75, 3.05) is 43.5 Å². The van der Waals surface area contributed by atoms with E-state index in [1.807, 2.05) is 19.0 Å². The highest BCUT2D eigenvalue weighted by molar-refractivity contribution is 5.78. The van der Waals surface area contributed by atoms with Crippen LogP contribution in [0.1, 0.15) is 49.8 Å². The minimum atomic E-state index is 0.234. The Kier molecular flexibility index (Phi) is 4.32. The summed E-state index contributed by atoms with van der Waals surface area (Å²) in [6.45, 7) is 7.20. The van der Waals surface area contributed by atoms with E-state index in [4.69, 9.17) is 4.98 Å². The number of aryl methyl sites for hydroxylation is 1. The third-order valence-electron chi connectivity index (χ3n) is 6.40. The number of anilines is 2. The van der Waals surface area contributed by atoms with Crippen molar-refractivity contribution in [3.63, 3.8) is 0 Å². The van der Waals surface area contributed by atoms with Gasteiger partial charge >= 0.3 is 0 Å². The van der Waals surface area contributed by atoms with Crippen molar-refractivity contribution in [1.29, 1.82) is 0 Å². The van der Waals surface area contributed by atoms with Crippen molar-refractivity contribution in [1.82, 2.24) is 14.9 Å². The summed E-state index contributed by atoms with van der Waals surface area (Å²) in [6.07, 6.45) is 6.53. The van der Waals surface area contributed by atoms with E-state index in [0.29, 0.717) is 11.9 Å². The molecule has 2 saturated heterocycles. The lowest BCUT2D eigenvalue weighted by molar-refractivity contribution is -0.138. The highest BCUT2D eigenvalue weighted by Crippen LogP contribution is 2.43. The first-order valence-corrected chi connectivity index (χ1v) is 9.95. The van der Waals surface area contributed by atoms with E-state index in [0.717, 1.165) is 49.9 Å². The Morgan fingerprint density at radius 1 is 1.12 bits per heavy atom. The molecule has 1 aliphatic carbocycles. The Morgan fingerprint density at radius 2 is 1.88 bits per heavy atom. The summed E-state index contributed by atoms with van der Waals surface area (Å²) < 4.78 is 0. The number of hydrogen-bond acceptors (Lipinski definition) is 5. The van der Waals surface area contributed by atoms with Gasteiger partial charge in [0.25, 0.3) is 0 Å². The van der Waals surface area contributed by atoms with E-state index < -0.39 is 0 Å². The minimum Gasteiger partial charge on any atom is -0.356 e. The Labute approximate surface area is 156 Å². The quantitative estimate of drug-likeness (QED) is 0.832. The van der Waals surface area contributed by atoms with Gasteiger partial charge in [-0.25, -0.2) is 4.98 Å². The summed E-state index contributed by atoms with van der Waals surface area (Å²) in [7, 11) is 3.98. The summed E-state index contributed by atoms with van der Waals surface area (Å²) in [5.74, 6) is 2.23. The summed E-state index contributed by atoms with van der Waals surface area (Å²) in [4.78, 5) is 28.5. The van der Waals surface area contributed by atoms with E-state index in [2.05, 4.69) is 28.6 Å². The molecular formula is C20H31N5O. The van der Waals surface area contributed by atoms with E-state index in [1.165, 1.54) is 31.2 Å². The maximum Gasteiger partial charge on any atom is 0.227 e. The largest absolute Gasteiger partial charge is 0.356 e. The van der Waals surface area contributed by atoms with Crippen molar-refractivity contribution in [2.24, 2.45) is 5.41 Å². The third kappa shape index (κ3) is 3.14. The van der Waals surface area contributed by atoms with Gasteiger partial charge in [0.15, 0.2) is 0 Å². The van der Waals surface area contributed by atoms with E-state index in [9.17, 15) is 4.79 Å². The molecule has 4 rings (SSSR count). The second-order valence-electron chi connectivity index (χ2n) is 8.73. The normalized spacial score (nSPS) is 26.5. The van der Waals surface area contributed by atoms with E-state index >= 15 is 0 Å². The molecule has 6 nitrogen and oxygen atoms in total. The standard InChI is InChI=1S/C20H31N5O/c1-14-15(2)21-19(23(3)4)22-18(14)24-11-5-9-20(12-24)10-8-17(26)25(13-20)16-6-7-16/h16H,5-13H2,1-4H3. The van der Waals surface area contributed by atoms with Gasteiger partial charge in [-0.15, -0.1) is 0 Å². The van der Waals surface area contributed by atoms with Crippen LogP contribution in [0.4, 0.5) is 11.8 Å². The number of aromatic nitrogens is 2. The second kappa shape index (κ2) is 6.39. The molecular weight excluding hydrogens is 326 g/mol. The molecule has 3 fully saturated rings. The molecule has 0 N–H and O–H groups in total. The van der Waals surface area contributed by atoms with Crippen LogP contribution in [0.15, 0.2) is 0 Å². The number of likely N-dealkylation sites (tertiary alicyclic amines) is 1. The average Bonchev–Trinajstić information content (AvgIpc) is 3.44. The van der Waals surface area contributed by atoms with Gasteiger partial charge in [-0.3, -0.25) is 4.79 Å². The summed E-state index contributed by atoms with van der Waals surface area (Å²) in [6, 6.07) is 0.526. The van der Waals surface area contributed by atoms with Crippen LogP contribution in [0.25, 0.3) is 0 Å². The molecule has 142 valence electrons. The van der Waals surface area contributed by atoms with Gasteiger partial charge < -0.3 is 14.7 Å². The number of carbonyl (C=O) groups excluding carboxylic acids is 1. The zero-order valence-electron chi connectivity index (χ0n) is 16.6. The van der Waals surface area contributed by atoms with Crippen LogP contribution in [0.2, 0.25) is 0 Å². The van der Waals surface area contributed by atoms with Crippen LogP contribution in [0.5, 0.6) is 0 Å². The molecule has 0 bridgehead atoms. The van der Waals surface area contributed by atoms with E-state index in [-0.39, 0.29) is 5.41 Å². The number of amides is 1. The van der Waals surface area contributed by atoms with Crippen molar-refractivity contribution in [3.05, 3.63) is 11.3 Å². The summed E-state index contributed by atoms with van der Waals surface area (Å²) in [5, 5.41) is 0. The minimum absolute atomic E-state index is 0.234. The second-order valence-corrected chi connectivity index (χ2v) is 8.73. The molecule has 3 heterocycles. The van der Waals surface area contributed by atoms with Gasteiger partial charge in [-0.1, -0.05) is 0 Å². The van der Waals surface area contributed by atoms with Gasteiger partial charge in [0, 0.05) is 62.9 Å². The Morgan fingerprint density at radius 3 is 2.58 bits per heavy atom. The van der Waals surface area contributed by atoms with Crippen molar-refractivity contribution in [3.8, 4) is 0 Å². The van der Waals surface area contributed by atoms with Crippen LogP contribution >= 0.6 is 0 Å². The lowest BCUT2D eigenvalue weighted by Crippen LogP contribution is -2.55. The molecule has 1 spiro atoms. The van der Waals surface area contributed by atoms with Gasteiger partial charge in [-0.05, 0) is 46.0 Å². The average molecular weight is 358 g/mol. The highest BCUT2D eigenvalue weighted by Gasteiger charge is 2.46. The number of rotatable bonds is 3. The summed E-state index contributed by atoms with van der Waals surface area (Å²) in [5.41, 5.74) is 2.47. The molecule has 1 atom stereocenters. The Bertz CT molecular complexity index is 714. The van der Waals surface area contributed by atoms with Crippen molar-refractivity contribution in [2.45, 2.75) is 58.4 Å². The molecule has 6 heteroatoms. The molecule has 1 aromatic heterocycles. The topological polar surface area (TPSA) is 52.6 Å². The Balaban J connectivity index is 1.60. The number of carbonyl (C=O) groups is 1. The van der Waals surface area contributed by atoms with Crippen LogP contribution < -0.4 is 9.80 Å². The molecule has 1 unspecified atom stereocenters. The zero-order chi connectivity index (χ0) is 18.5. The molecule has 3 aliphatic rings. The van der Waals surface area contributed by atoms with Gasteiger partial charge in [0.05, 0.1) is 0 Å². The maximum absolute atomic E-state index is 12.4. The predicted octanol–water partition coefficient (Wildman–Crippen LogP) is 2.53. The first-order valence-electron chi connectivity index (χ1n) is 9.95. The van der Waals surface area contributed by atoms with Gasteiger partial charge in [0.1, 0.15) is 5.82 Å². The van der Waals surface area contributed by atoms with Crippen LogP contribution in [-0.4, -0.2) is 60.5 Å². The van der Waals surface area contributed by atoms with Crippen LogP contribution in [0, 0.1) is 19.3 Å². The fourth-order valence-corrected chi connectivity index (χ4v) is 4.59. The van der Waals surface area contributed by atoms with Gasteiger partial charge in [0.2, 0.25) is 11.9 Å². The molecule has 1 aromatic rings. The zero-order valence-corrected chi connectivity index (χ0v) is 16.6. The molecule has 0 radical (unpaired) electrons. The number of piperidine rings is 2. The number of hydrogen-bond donors (Lipinski definition) is 0. The van der Waals surface area contributed by atoms with Crippen molar-refractivity contribution < 1.29 is 4.79 Å². The monoisotopic (exact) mass is 357 g/mol. The maximum atomic E-state index is 12.4. The van der Waals surface area contributed by atoms with Crippen molar-refractivity contribution >= 4 is 17.7 Å². The molecule has 2 aliphatic heterocycles. The molecule has 26 heavy (non-hydrogen) atoms. The smallest absolute Gasteiger partial charge is 0.227 e. The lowest BCUT2D eigenvalue weighted by Gasteiger charge is -2.49. The molecule has 1 amide bonds. The first-order chi connectivity index (χ1) is 12.4. The molecule has 0 aromatic carbocycles.